The maximum absolute atomic E-state index is 12.8. The molecule has 1 aromatic carbocycles. The third-order valence-electron chi connectivity index (χ3n) is 3.33. The lowest BCUT2D eigenvalue weighted by molar-refractivity contribution is -0.113. The van der Waals surface area contributed by atoms with Crippen LogP contribution in [0, 0.1) is 0 Å². The molecule has 4 rings (SSSR count). The van der Waals surface area contributed by atoms with E-state index in [4.69, 9.17) is 4.42 Å². The van der Waals surface area contributed by atoms with Gasteiger partial charge in [-0.25, -0.2) is 14.9 Å². The number of benzene rings is 1. The Balaban J connectivity index is 1.83. The third-order valence-corrected chi connectivity index (χ3v) is 4.08. The van der Waals surface area contributed by atoms with Crippen molar-refractivity contribution in [1.82, 2.24) is 4.98 Å². The van der Waals surface area contributed by atoms with Crippen LogP contribution in [0.25, 0.3) is 6.08 Å². The molecule has 3 aromatic rings. The second-order valence-electron chi connectivity index (χ2n) is 4.80. The molecule has 1 aliphatic rings. The summed E-state index contributed by atoms with van der Waals surface area (Å²) in [6, 6.07) is 13.1. The molecule has 1 amide bonds. The third kappa shape index (κ3) is 2.49. The van der Waals surface area contributed by atoms with Crippen molar-refractivity contribution in [3.63, 3.8) is 0 Å². The Morgan fingerprint density at radius 3 is 2.70 bits per heavy atom. The number of hydrogen-bond donors (Lipinski definition) is 0. The van der Waals surface area contributed by atoms with Crippen molar-refractivity contribution in [2.45, 2.75) is 0 Å². The SMILES string of the molecule is O=C1/C(=C/c2ccco2)N=C(c2ccccc2)N1c1nccs1. The normalized spacial score (nSPS) is 16.2. The zero-order valence-electron chi connectivity index (χ0n) is 11.9. The summed E-state index contributed by atoms with van der Waals surface area (Å²) < 4.78 is 5.28. The van der Waals surface area contributed by atoms with Gasteiger partial charge >= 0.3 is 0 Å². The Bertz CT molecular complexity index is 881. The van der Waals surface area contributed by atoms with Crippen LogP contribution in [0.2, 0.25) is 0 Å². The standard InChI is InChI=1S/C17H11N3O2S/c21-16-14(11-13-7-4-9-22-13)19-15(12-5-2-1-3-6-12)20(16)17-18-8-10-23-17/h1-11H/b14-11-. The van der Waals surface area contributed by atoms with E-state index in [1.807, 2.05) is 35.7 Å². The fraction of sp³-hybridized carbons (Fsp3) is 0. The number of thiazole rings is 1. The number of aromatic nitrogens is 1. The van der Waals surface area contributed by atoms with E-state index in [2.05, 4.69) is 9.98 Å². The van der Waals surface area contributed by atoms with Crippen molar-refractivity contribution in [2.75, 3.05) is 4.90 Å². The van der Waals surface area contributed by atoms with E-state index in [9.17, 15) is 4.79 Å². The van der Waals surface area contributed by atoms with Gasteiger partial charge in [0.15, 0.2) is 5.13 Å². The van der Waals surface area contributed by atoms with Gasteiger partial charge in [0.1, 0.15) is 17.3 Å². The highest BCUT2D eigenvalue weighted by Gasteiger charge is 2.34. The van der Waals surface area contributed by atoms with Crippen molar-refractivity contribution >= 4 is 34.3 Å². The predicted octanol–water partition coefficient (Wildman–Crippen LogP) is 3.57. The highest BCUT2D eigenvalue weighted by atomic mass is 32.1. The van der Waals surface area contributed by atoms with Gasteiger partial charge < -0.3 is 4.42 Å². The summed E-state index contributed by atoms with van der Waals surface area (Å²) in [5.41, 5.74) is 1.19. The van der Waals surface area contributed by atoms with Gasteiger partial charge in [0.2, 0.25) is 0 Å². The van der Waals surface area contributed by atoms with Crippen LogP contribution in [0.15, 0.2) is 75.4 Å². The summed E-state index contributed by atoms with van der Waals surface area (Å²) >= 11 is 1.39. The minimum Gasteiger partial charge on any atom is -0.465 e. The number of hydrogen-bond acceptors (Lipinski definition) is 5. The minimum atomic E-state index is -0.213. The number of rotatable bonds is 3. The van der Waals surface area contributed by atoms with Crippen LogP contribution in [0.5, 0.6) is 0 Å². The van der Waals surface area contributed by atoms with E-state index in [0.717, 1.165) is 5.56 Å². The monoisotopic (exact) mass is 321 g/mol. The fourth-order valence-corrected chi connectivity index (χ4v) is 2.95. The lowest BCUT2D eigenvalue weighted by Crippen LogP contribution is -2.32. The number of amidine groups is 1. The maximum Gasteiger partial charge on any atom is 0.284 e. The average Bonchev–Trinajstić information content (AvgIpc) is 3.31. The second kappa shape index (κ2) is 5.66. The van der Waals surface area contributed by atoms with Crippen LogP contribution in [-0.2, 0) is 4.79 Å². The molecule has 0 aliphatic carbocycles. The van der Waals surface area contributed by atoms with E-state index in [0.29, 0.717) is 22.4 Å². The number of nitrogens with zero attached hydrogens (tertiary/aromatic N) is 3. The average molecular weight is 321 g/mol. The second-order valence-corrected chi connectivity index (χ2v) is 5.67. The Kier molecular flexibility index (Phi) is 3.36. The Hall–Kier alpha value is -2.99. The first-order chi connectivity index (χ1) is 11.3. The summed E-state index contributed by atoms with van der Waals surface area (Å²) in [4.78, 5) is 23.1. The van der Waals surface area contributed by atoms with Gasteiger partial charge in [-0.05, 0) is 12.1 Å². The van der Waals surface area contributed by atoms with Crippen LogP contribution in [0.1, 0.15) is 11.3 Å². The molecule has 2 aromatic heterocycles. The maximum atomic E-state index is 12.8. The van der Waals surface area contributed by atoms with Crippen molar-refractivity contribution in [2.24, 2.45) is 4.99 Å². The topological polar surface area (TPSA) is 58.7 Å². The first-order valence-corrected chi connectivity index (χ1v) is 7.84. The zero-order valence-corrected chi connectivity index (χ0v) is 12.7. The van der Waals surface area contributed by atoms with Crippen LogP contribution in [0.4, 0.5) is 5.13 Å². The van der Waals surface area contributed by atoms with Crippen molar-refractivity contribution in [3.8, 4) is 0 Å². The first kappa shape index (κ1) is 13.7. The minimum absolute atomic E-state index is 0.213. The quantitative estimate of drug-likeness (QED) is 0.693. The first-order valence-electron chi connectivity index (χ1n) is 6.96. The van der Waals surface area contributed by atoms with E-state index < -0.39 is 0 Å². The molecular weight excluding hydrogens is 310 g/mol. The van der Waals surface area contributed by atoms with E-state index in [1.54, 1.807) is 30.7 Å². The van der Waals surface area contributed by atoms with Gasteiger partial charge in [0.05, 0.1) is 6.26 Å². The number of anilines is 1. The number of furan rings is 1. The van der Waals surface area contributed by atoms with Crippen molar-refractivity contribution in [1.29, 1.82) is 0 Å². The largest absolute Gasteiger partial charge is 0.465 e. The summed E-state index contributed by atoms with van der Waals surface area (Å²) in [6.45, 7) is 0. The van der Waals surface area contributed by atoms with Crippen molar-refractivity contribution in [3.05, 3.63) is 77.3 Å². The van der Waals surface area contributed by atoms with Gasteiger partial charge in [-0.3, -0.25) is 4.79 Å². The lowest BCUT2D eigenvalue weighted by atomic mass is 10.2. The molecule has 0 N–H and O–H groups in total. The Morgan fingerprint density at radius 1 is 1.13 bits per heavy atom. The molecule has 0 unspecified atom stereocenters. The highest BCUT2D eigenvalue weighted by molar-refractivity contribution is 7.14. The van der Waals surface area contributed by atoms with E-state index in [-0.39, 0.29) is 5.91 Å². The summed E-state index contributed by atoms with van der Waals surface area (Å²) in [5.74, 6) is 0.948. The van der Waals surface area contributed by atoms with Gasteiger partial charge in [0.25, 0.3) is 5.91 Å². The van der Waals surface area contributed by atoms with E-state index in [1.165, 1.54) is 16.2 Å². The van der Waals surface area contributed by atoms with Crippen LogP contribution in [-0.4, -0.2) is 16.7 Å². The predicted molar refractivity (Wildman–Crippen MR) is 89.3 cm³/mol. The molecule has 112 valence electrons. The summed E-state index contributed by atoms with van der Waals surface area (Å²) in [5, 5.41) is 2.43. The molecule has 0 fully saturated rings. The van der Waals surface area contributed by atoms with Gasteiger partial charge in [-0.2, -0.15) is 0 Å². The number of amides is 1. The molecule has 0 atom stereocenters. The fourth-order valence-electron chi connectivity index (χ4n) is 2.31. The zero-order chi connectivity index (χ0) is 15.6. The van der Waals surface area contributed by atoms with Gasteiger partial charge in [0, 0.05) is 23.2 Å². The molecule has 23 heavy (non-hydrogen) atoms. The molecule has 0 bridgehead atoms. The lowest BCUT2D eigenvalue weighted by Gasteiger charge is -2.14. The molecule has 0 spiro atoms. The molecule has 3 heterocycles. The number of carbonyl (C=O) groups excluding carboxylic acids is 1. The van der Waals surface area contributed by atoms with Crippen LogP contribution in [0.3, 0.4) is 0 Å². The highest BCUT2D eigenvalue weighted by Crippen LogP contribution is 2.29. The number of aliphatic imine (C=N–C) groups is 1. The Morgan fingerprint density at radius 2 is 2.00 bits per heavy atom. The molecule has 5 nitrogen and oxygen atoms in total. The molecule has 1 aliphatic heterocycles. The molecular formula is C17H11N3O2S. The molecule has 0 radical (unpaired) electrons. The van der Waals surface area contributed by atoms with Crippen LogP contribution < -0.4 is 4.90 Å². The van der Waals surface area contributed by atoms with Crippen molar-refractivity contribution < 1.29 is 9.21 Å². The molecule has 0 saturated heterocycles. The summed E-state index contributed by atoms with van der Waals surface area (Å²) in [7, 11) is 0. The van der Waals surface area contributed by atoms with Gasteiger partial charge in [-0.1, -0.05) is 30.3 Å². The van der Waals surface area contributed by atoms with E-state index >= 15 is 0 Å². The summed E-state index contributed by atoms with van der Waals surface area (Å²) in [6.07, 6.45) is 4.87. The van der Waals surface area contributed by atoms with Crippen LogP contribution >= 0.6 is 11.3 Å². The Labute approximate surface area is 136 Å². The number of carbonyl (C=O) groups is 1. The molecule has 0 saturated carbocycles. The molecule has 6 heteroatoms. The smallest absolute Gasteiger partial charge is 0.284 e. The van der Waals surface area contributed by atoms with Gasteiger partial charge in [-0.15, -0.1) is 11.3 Å².